The van der Waals surface area contributed by atoms with E-state index in [1.807, 2.05) is 55.3 Å². The predicted octanol–water partition coefficient (Wildman–Crippen LogP) is 6.83. The molecule has 0 saturated carbocycles. The molecule has 2 fully saturated rings. The van der Waals surface area contributed by atoms with Crippen molar-refractivity contribution < 1.29 is 66.9 Å². The van der Waals surface area contributed by atoms with Gasteiger partial charge in [0.15, 0.2) is 23.0 Å². The van der Waals surface area contributed by atoms with Gasteiger partial charge in [0.05, 0.1) is 125 Å². The molecule has 0 spiro atoms. The van der Waals surface area contributed by atoms with Crippen LogP contribution in [0.5, 0.6) is 28.7 Å². The van der Waals surface area contributed by atoms with Crippen molar-refractivity contribution in [3.8, 4) is 28.7 Å². The number of thioether (sulfide) groups is 1. The third-order valence-electron chi connectivity index (χ3n) is 13.8. The van der Waals surface area contributed by atoms with Crippen LogP contribution in [0.4, 0.5) is 11.4 Å². The summed E-state index contributed by atoms with van der Waals surface area (Å²) >= 11 is 1.59. The van der Waals surface area contributed by atoms with Gasteiger partial charge in [-0.25, -0.2) is 0 Å². The van der Waals surface area contributed by atoms with Gasteiger partial charge in [0.1, 0.15) is 25.6 Å². The third-order valence-corrected chi connectivity index (χ3v) is 15.1. The van der Waals surface area contributed by atoms with E-state index in [1.165, 1.54) is 25.4 Å². The highest BCUT2D eigenvalue weighted by molar-refractivity contribution is 8.01. The topological polar surface area (TPSA) is 222 Å². The summed E-state index contributed by atoms with van der Waals surface area (Å²) in [6.45, 7) is 14.2. The van der Waals surface area contributed by atoms with E-state index in [0.29, 0.717) is 154 Å². The molecule has 22 heteroatoms. The summed E-state index contributed by atoms with van der Waals surface area (Å²) in [7, 11) is 6.85. The number of aliphatic carboxylic acids is 1. The van der Waals surface area contributed by atoms with Gasteiger partial charge in [0.2, 0.25) is 5.91 Å². The average Bonchev–Trinajstić information content (AvgIpc) is 4.07. The Morgan fingerprint density at radius 3 is 1.64 bits per heavy atom. The van der Waals surface area contributed by atoms with E-state index in [1.54, 1.807) is 48.0 Å². The number of carbonyl (C=O) groups excluding carboxylic acids is 3. The number of methoxy groups -OCH3 is 2. The number of carboxylic acid groups (broad SMARTS) is 1. The number of hydrogen-bond donors (Lipinski definition) is 1. The van der Waals surface area contributed by atoms with Crippen LogP contribution in [0, 0.1) is 0 Å². The second-order valence-electron chi connectivity index (χ2n) is 20.3. The molecule has 2 saturated heterocycles. The number of fused-ring (bicyclic) bond motifs is 4. The number of carbonyl (C=O) groups is 4. The summed E-state index contributed by atoms with van der Waals surface area (Å²) in [5.74, 6) is 1.29. The minimum absolute atomic E-state index is 0.00993. The van der Waals surface area contributed by atoms with Gasteiger partial charge < -0.3 is 67.3 Å². The highest BCUT2D eigenvalue weighted by atomic mass is 32.2. The van der Waals surface area contributed by atoms with Crippen molar-refractivity contribution in [2.45, 2.75) is 77.0 Å². The van der Waals surface area contributed by atoms with Crippen molar-refractivity contribution in [2.24, 2.45) is 9.98 Å². The van der Waals surface area contributed by atoms with Crippen LogP contribution in [-0.2, 0) is 41.8 Å². The number of likely N-dealkylation sites (N-methyl/N-ethyl adjacent to an activating group) is 2. The largest absolute Gasteiger partial charge is 0.493 e. The molecule has 3 amide bonds. The quantitative estimate of drug-likeness (QED) is 0.0500. The number of amides is 3. The molecule has 3 aromatic rings. The Bertz CT molecular complexity index is 2630. The molecule has 2 aromatic carbocycles. The number of ether oxygens (including phenoxy) is 9. The van der Waals surface area contributed by atoms with E-state index in [2.05, 4.69) is 30.9 Å². The smallest absolute Gasteiger partial charge is 0.305 e. The Morgan fingerprint density at radius 1 is 0.675 bits per heavy atom. The normalized spacial score (nSPS) is 17.6. The molecule has 0 aliphatic carbocycles. The van der Waals surface area contributed by atoms with Crippen LogP contribution >= 0.6 is 11.8 Å². The van der Waals surface area contributed by atoms with Gasteiger partial charge >= 0.3 is 5.97 Å². The number of allylic oxidation sites excluding steroid dienone is 2. The maximum atomic E-state index is 13.8. The maximum absolute atomic E-state index is 13.8. The first kappa shape index (κ1) is 61.1. The van der Waals surface area contributed by atoms with E-state index in [4.69, 9.17) is 62.7 Å². The third kappa shape index (κ3) is 17.2. The standard InChI is InChI=1S/C58H77N7O14S/c1-9-39-23-43-31-59-48-29-52(50(71-7)27-46(48)56(69)64(43)33-39)78-35-41-25-45(26-42(61-41)36-79-53-30-49-47(28-51(53)72-8)57(70)65-34-40(10-2)24-44(65)32-60-49)77-16-12-62(5)38-58(3,4)80-37-54(66)63(6)13-15-74-18-20-76-22-21-75-19-17-73-14-11-55(67)68/h9-10,25-32,43-44H,11-24,33-38H2,1-8H3,(H,67,68)/b39-9+,40-10+/t43-,44?/m0/s1. The molecule has 0 bridgehead atoms. The van der Waals surface area contributed by atoms with Crippen molar-refractivity contribution in [3.05, 3.63) is 82.2 Å². The van der Waals surface area contributed by atoms with Crippen LogP contribution in [0.2, 0.25) is 0 Å². The van der Waals surface area contributed by atoms with Gasteiger partial charge in [0.25, 0.3) is 11.8 Å². The first-order valence-electron chi connectivity index (χ1n) is 27.0. The minimum Gasteiger partial charge on any atom is -0.493 e. The second kappa shape index (κ2) is 29.8. The summed E-state index contributed by atoms with van der Waals surface area (Å²) in [5, 5.41) is 8.63. The van der Waals surface area contributed by atoms with Crippen LogP contribution in [0.3, 0.4) is 0 Å². The summed E-state index contributed by atoms with van der Waals surface area (Å²) < 4.78 is 52.3. The van der Waals surface area contributed by atoms with Crippen LogP contribution in [0.1, 0.15) is 79.1 Å². The van der Waals surface area contributed by atoms with Crippen molar-refractivity contribution in [1.82, 2.24) is 24.6 Å². The van der Waals surface area contributed by atoms with Gasteiger partial charge in [-0.1, -0.05) is 23.3 Å². The number of pyridine rings is 1. The lowest BCUT2D eigenvalue weighted by Crippen LogP contribution is -2.38. The number of aliphatic imine (C=N–C) groups is 2. The van der Waals surface area contributed by atoms with Crippen molar-refractivity contribution in [1.29, 1.82) is 0 Å². The Labute approximate surface area is 473 Å². The molecule has 1 aromatic heterocycles. The summed E-state index contributed by atoms with van der Waals surface area (Å²) in [6, 6.07) is 10.2. The Kier molecular flexibility index (Phi) is 22.7. The lowest BCUT2D eigenvalue weighted by atomic mass is 10.1. The number of aromatic nitrogens is 1. The van der Waals surface area contributed by atoms with Crippen LogP contribution in [0.15, 0.2) is 69.7 Å². The second-order valence-corrected chi connectivity index (χ2v) is 22.0. The highest BCUT2D eigenvalue weighted by Gasteiger charge is 2.36. The molecule has 7 rings (SSSR count). The van der Waals surface area contributed by atoms with E-state index in [0.717, 1.165) is 12.8 Å². The molecule has 80 heavy (non-hydrogen) atoms. The molecule has 2 atom stereocenters. The summed E-state index contributed by atoms with van der Waals surface area (Å²) in [4.78, 5) is 73.0. The average molecular weight is 1130 g/mol. The molecule has 4 aliphatic rings. The highest BCUT2D eigenvalue weighted by Crippen LogP contribution is 2.41. The summed E-state index contributed by atoms with van der Waals surface area (Å²) in [5.41, 5.74) is 5.32. The van der Waals surface area contributed by atoms with Crippen LogP contribution in [-0.4, -0.2) is 209 Å². The maximum Gasteiger partial charge on any atom is 0.305 e. The molecule has 21 nitrogen and oxygen atoms in total. The Balaban J connectivity index is 0.933. The molecular weight excluding hydrogens is 1050 g/mol. The molecule has 1 N–H and O–H groups in total. The number of benzene rings is 2. The molecule has 5 heterocycles. The molecule has 4 aliphatic heterocycles. The summed E-state index contributed by atoms with van der Waals surface area (Å²) in [6.07, 6.45) is 9.21. The Hall–Kier alpha value is -6.56. The zero-order chi connectivity index (χ0) is 57.2. The van der Waals surface area contributed by atoms with Crippen molar-refractivity contribution in [2.75, 3.05) is 126 Å². The van der Waals surface area contributed by atoms with Crippen LogP contribution in [0.25, 0.3) is 0 Å². The van der Waals surface area contributed by atoms with E-state index >= 15 is 0 Å². The molecular formula is C58H77N7O14S. The zero-order valence-corrected chi connectivity index (χ0v) is 48.2. The number of hydrogen-bond acceptors (Lipinski definition) is 18. The molecule has 0 radical (unpaired) electrons. The lowest BCUT2D eigenvalue weighted by Gasteiger charge is -2.30. The Morgan fingerprint density at radius 2 is 1.16 bits per heavy atom. The number of rotatable bonds is 32. The minimum atomic E-state index is -0.896. The first-order valence-corrected chi connectivity index (χ1v) is 28.0. The SMILES string of the molecule is C/C=C1\CC2C=Nc3cc(OCc4cc(OCCN(C)CC(C)(C)SCC(=O)N(C)CCOCCOCCOCCOCCC(=O)O)cc(COc5cc6c(cc5OC)C(=O)N5C/C(=C/C)C[C@H]5C=N6)n4)c(OC)cc3C(=O)N2C1. The monoisotopic (exact) mass is 1130 g/mol. The van der Waals surface area contributed by atoms with Gasteiger partial charge in [-0.05, 0) is 59.7 Å². The van der Waals surface area contributed by atoms with Gasteiger partial charge in [-0.15, -0.1) is 11.8 Å². The van der Waals surface area contributed by atoms with E-state index < -0.39 is 5.97 Å². The fourth-order valence-corrected chi connectivity index (χ4v) is 10.4. The molecule has 1 unspecified atom stereocenters. The van der Waals surface area contributed by atoms with Gasteiger partial charge in [0, 0.05) is 81.2 Å². The lowest BCUT2D eigenvalue weighted by molar-refractivity contribution is -0.138. The van der Waals surface area contributed by atoms with E-state index in [-0.39, 0.29) is 60.8 Å². The number of carboxylic acids is 1. The number of nitrogens with zero attached hydrogens (tertiary/aromatic N) is 7. The predicted molar refractivity (Wildman–Crippen MR) is 304 cm³/mol. The van der Waals surface area contributed by atoms with Crippen molar-refractivity contribution >= 4 is 59.3 Å². The van der Waals surface area contributed by atoms with Crippen molar-refractivity contribution in [3.63, 3.8) is 0 Å². The first-order chi connectivity index (χ1) is 38.6. The van der Waals surface area contributed by atoms with E-state index in [9.17, 15) is 19.2 Å². The van der Waals surface area contributed by atoms with Crippen LogP contribution < -0.4 is 23.7 Å². The fourth-order valence-electron chi connectivity index (χ4n) is 9.39. The fraction of sp³-hybridized carbons (Fsp3) is 0.534. The zero-order valence-electron chi connectivity index (χ0n) is 47.4. The van der Waals surface area contributed by atoms with Gasteiger partial charge in [-0.3, -0.25) is 34.1 Å². The molecule has 434 valence electrons. The van der Waals surface area contributed by atoms with Gasteiger partial charge in [-0.2, -0.15) is 0 Å².